The van der Waals surface area contributed by atoms with Crippen LogP contribution in [-0.2, 0) is 0 Å². The number of para-hydroxylation sites is 1. The largest absolute Gasteiger partial charge is 0.493 e. The molecule has 1 aromatic rings. The van der Waals surface area contributed by atoms with Gasteiger partial charge >= 0.3 is 0 Å². The van der Waals surface area contributed by atoms with Gasteiger partial charge in [0.05, 0.1) is 20.3 Å². The molecule has 1 aliphatic heterocycles. The molecular formula is C16H26N2O2. The number of benzene rings is 1. The molecule has 0 aromatic heterocycles. The van der Waals surface area contributed by atoms with E-state index in [9.17, 15) is 0 Å². The molecule has 1 aromatic carbocycles. The molecule has 0 spiro atoms. The van der Waals surface area contributed by atoms with Gasteiger partial charge in [-0.05, 0) is 31.9 Å². The van der Waals surface area contributed by atoms with E-state index < -0.39 is 0 Å². The van der Waals surface area contributed by atoms with Crippen molar-refractivity contribution in [3.8, 4) is 11.5 Å². The minimum absolute atomic E-state index is 0.201. The second-order valence-electron chi connectivity index (χ2n) is 5.28. The molecule has 2 rings (SSSR count). The van der Waals surface area contributed by atoms with Crippen molar-refractivity contribution in [3.63, 3.8) is 0 Å². The van der Waals surface area contributed by atoms with E-state index in [4.69, 9.17) is 15.2 Å². The third-order valence-corrected chi connectivity index (χ3v) is 4.31. The smallest absolute Gasteiger partial charge is 0.165 e. The Labute approximate surface area is 121 Å². The lowest BCUT2D eigenvalue weighted by atomic mass is 10.0. The Morgan fingerprint density at radius 2 is 2.15 bits per heavy atom. The summed E-state index contributed by atoms with van der Waals surface area (Å²) in [5.74, 6) is 1.59. The summed E-state index contributed by atoms with van der Waals surface area (Å²) in [5.41, 5.74) is 7.21. The van der Waals surface area contributed by atoms with Crippen LogP contribution in [0.3, 0.4) is 0 Å². The first kappa shape index (κ1) is 15.1. The fraction of sp³-hybridized carbons (Fsp3) is 0.625. The van der Waals surface area contributed by atoms with Gasteiger partial charge < -0.3 is 15.2 Å². The number of rotatable bonds is 6. The molecule has 2 atom stereocenters. The molecule has 2 unspecified atom stereocenters. The molecule has 20 heavy (non-hydrogen) atoms. The lowest BCUT2D eigenvalue weighted by Gasteiger charge is -2.33. The average Bonchev–Trinajstić information content (AvgIpc) is 2.96. The number of nitrogens with zero attached hydrogens (tertiary/aromatic N) is 1. The molecule has 0 bridgehead atoms. The fourth-order valence-corrected chi connectivity index (χ4v) is 3.32. The van der Waals surface area contributed by atoms with Gasteiger partial charge in [-0.1, -0.05) is 19.1 Å². The molecule has 1 saturated heterocycles. The molecule has 1 fully saturated rings. The van der Waals surface area contributed by atoms with E-state index in [1.807, 2.05) is 12.1 Å². The third-order valence-electron chi connectivity index (χ3n) is 4.31. The van der Waals surface area contributed by atoms with Gasteiger partial charge in [-0.15, -0.1) is 0 Å². The number of nitrogens with two attached hydrogens (primary N) is 1. The zero-order chi connectivity index (χ0) is 14.5. The van der Waals surface area contributed by atoms with E-state index in [0.717, 1.165) is 23.6 Å². The molecule has 4 heteroatoms. The highest BCUT2D eigenvalue weighted by molar-refractivity contribution is 5.48. The summed E-state index contributed by atoms with van der Waals surface area (Å²) in [6.07, 6.45) is 3.68. The van der Waals surface area contributed by atoms with Crippen LogP contribution in [0.1, 0.15) is 37.8 Å². The van der Waals surface area contributed by atoms with E-state index in [1.165, 1.54) is 19.3 Å². The minimum Gasteiger partial charge on any atom is -0.493 e. The first-order chi connectivity index (χ1) is 9.76. The summed E-state index contributed by atoms with van der Waals surface area (Å²) in [6, 6.07) is 6.87. The minimum atomic E-state index is 0.201. The van der Waals surface area contributed by atoms with Gasteiger partial charge in [0.15, 0.2) is 11.5 Å². The van der Waals surface area contributed by atoms with E-state index in [1.54, 1.807) is 14.2 Å². The van der Waals surface area contributed by atoms with Crippen LogP contribution in [0.5, 0.6) is 11.5 Å². The summed E-state index contributed by atoms with van der Waals surface area (Å²) in [6.45, 7) is 3.96. The Bertz CT molecular complexity index is 436. The van der Waals surface area contributed by atoms with Gasteiger partial charge in [-0.25, -0.2) is 0 Å². The quantitative estimate of drug-likeness (QED) is 0.869. The van der Waals surface area contributed by atoms with E-state index in [-0.39, 0.29) is 6.04 Å². The van der Waals surface area contributed by atoms with Crippen molar-refractivity contribution in [1.82, 2.24) is 4.90 Å². The molecule has 0 amide bonds. The van der Waals surface area contributed by atoms with Crippen LogP contribution in [0, 0.1) is 0 Å². The van der Waals surface area contributed by atoms with Crippen LogP contribution < -0.4 is 15.2 Å². The predicted octanol–water partition coefficient (Wildman–Crippen LogP) is 2.58. The highest BCUT2D eigenvalue weighted by Crippen LogP contribution is 2.39. The predicted molar refractivity (Wildman–Crippen MR) is 81.4 cm³/mol. The van der Waals surface area contributed by atoms with E-state index >= 15 is 0 Å². The van der Waals surface area contributed by atoms with Gasteiger partial charge in [-0.3, -0.25) is 4.90 Å². The van der Waals surface area contributed by atoms with Crippen LogP contribution in [0.15, 0.2) is 18.2 Å². The molecule has 1 aliphatic rings. The Morgan fingerprint density at radius 1 is 1.35 bits per heavy atom. The summed E-state index contributed by atoms with van der Waals surface area (Å²) < 4.78 is 11.0. The number of ether oxygens (including phenoxy) is 2. The SMILES string of the molecule is CCC1CCCN1C(CN)c1cccc(OC)c1OC. The van der Waals surface area contributed by atoms with Gasteiger partial charge in [0.25, 0.3) is 0 Å². The van der Waals surface area contributed by atoms with Crippen molar-refractivity contribution >= 4 is 0 Å². The first-order valence-corrected chi connectivity index (χ1v) is 7.43. The lowest BCUT2D eigenvalue weighted by Crippen LogP contribution is -2.37. The second kappa shape index (κ2) is 6.95. The van der Waals surface area contributed by atoms with Gasteiger partial charge in [-0.2, -0.15) is 0 Å². The highest BCUT2D eigenvalue weighted by Gasteiger charge is 2.31. The Kier molecular flexibility index (Phi) is 5.26. The fourth-order valence-electron chi connectivity index (χ4n) is 3.32. The van der Waals surface area contributed by atoms with Gasteiger partial charge in [0.1, 0.15) is 0 Å². The van der Waals surface area contributed by atoms with Crippen molar-refractivity contribution in [2.24, 2.45) is 5.73 Å². The zero-order valence-electron chi connectivity index (χ0n) is 12.8. The van der Waals surface area contributed by atoms with Crippen LogP contribution in [0.25, 0.3) is 0 Å². The summed E-state index contributed by atoms with van der Waals surface area (Å²) in [7, 11) is 3.36. The highest BCUT2D eigenvalue weighted by atomic mass is 16.5. The first-order valence-electron chi connectivity index (χ1n) is 7.43. The monoisotopic (exact) mass is 278 g/mol. The van der Waals surface area contributed by atoms with Crippen molar-refractivity contribution < 1.29 is 9.47 Å². The van der Waals surface area contributed by atoms with Crippen molar-refractivity contribution in [3.05, 3.63) is 23.8 Å². The molecule has 0 saturated carbocycles. The van der Waals surface area contributed by atoms with Gasteiger partial charge in [0.2, 0.25) is 0 Å². The van der Waals surface area contributed by atoms with Crippen LogP contribution >= 0.6 is 0 Å². The van der Waals surface area contributed by atoms with Crippen molar-refractivity contribution in [2.75, 3.05) is 27.3 Å². The molecule has 2 N–H and O–H groups in total. The molecular weight excluding hydrogens is 252 g/mol. The molecule has 0 aliphatic carbocycles. The topological polar surface area (TPSA) is 47.7 Å². The maximum absolute atomic E-state index is 6.08. The van der Waals surface area contributed by atoms with Crippen molar-refractivity contribution in [2.45, 2.75) is 38.3 Å². The number of likely N-dealkylation sites (tertiary alicyclic amines) is 1. The average molecular weight is 278 g/mol. The van der Waals surface area contributed by atoms with Crippen molar-refractivity contribution in [1.29, 1.82) is 0 Å². The zero-order valence-corrected chi connectivity index (χ0v) is 12.8. The molecule has 0 radical (unpaired) electrons. The second-order valence-corrected chi connectivity index (χ2v) is 5.28. The number of hydrogen-bond donors (Lipinski definition) is 1. The van der Waals surface area contributed by atoms with E-state index in [2.05, 4.69) is 17.9 Å². The molecule has 112 valence electrons. The standard InChI is InChI=1S/C16H26N2O2/c1-4-12-7-6-10-18(12)14(11-17)13-8-5-9-15(19-2)16(13)20-3/h5,8-9,12,14H,4,6-7,10-11,17H2,1-3H3. The summed E-state index contributed by atoms with van der Waals surface area (Å²) in [5, 5.41) is 0. The maximum Gasteiger partial charge on any atom is 0.165 e. The summed E-state index contributed by atoms with van der Waals surface area (Å²) >= 11 is 0. The lowest BCUT2D eigenvalue weighted by molar-refractivity contribution is 0.176. The van der Waals surface area contributed by atoms with Crippen LogP contribution in [0.2, 0.25) is 0 Å². The number of methoxy groups -OCH3 is 2. The molecule has 1 heterocycles. The van der Waals surface area contributed by atoms with E-state index in [0.29, 0.717) is 12.6 Å². The Balaban J connectivity index is 2.36. The van der Waals surface area contributed by atoms with Crippen LogP contribution in [0.4, 0.5) is 0 Å². The van der Waals surface area contributed by atoms with Crippen LogP contribution in [-0.4, -0.2) is 38.3 Å². The third kappa shape index (κ3) is 2.76. The normalized spacial score (nSPS) is 20.9. The molecule has 4 nitrogen and oxygen atoms in total. The number of hydrogen-bond acceptors (Lipinski definition) is 4. The maximum atomic E-state index is 6.08. The summed E-state index contributed by atoms with van der Waals surface area (Å²) in [4.78, 5) is 2.53. The Hall–Kier alpha value is -1.26. The Morgan fingerprint density at radius 3 is 2.75 bits per heavy atom. The van der Waals surface area contributed by atoms with Gasteiger partial charge in [0, 0.05) is 18.2 Å².